The Morgan fingerprint density at radius 1 is 1.00 bits per heavy atom. The van der Waals surface area contributed by atoms with Crippen LogP contribution in [-0.2, 0) is 11.3 Å². The summed E-state index contributed by atoms with van der Waals surface area (Å²) in [4.78, 5) is 26.8. The van der Waals surface area contributed by atoms with Gasteiger partial charge in [0.15, 0.2) is 0 Å². The molecule has 10 nitrogen and oxygen atoms in total. The first-order valence-electron chi connectivity index (χ1n) is 12.6. The van der Waals surface area contributed by atoms with Gasteiger partial charge < -0.3 is 14.5 Å². The number of fused-ring (bicyclic) bond motifs is 2. The quantitative estimate of drug-likeness (QED) is 0.380. The number of rotatable bonds is 5. The van der Waals surface area contributed by atoms with Gasteiger partial charge in [-0.05, 0) is 23.8 Å². The summed E-state index contributed by atoms with van der Waals surface area (Å²) >= 11 is 1.81. The molecule has 1 unspecified atom stereocenters. The topological polar surface area (TPSA) is 99.2 Å². The Morgan fingerprint density at radius 2 is 1.89 bits per heavy atom. The molecule has 0 bridgehead atoms. The summed E-state index contributed by atoms with van der Waals surface area (Å²) in [6.07, 6.45) is 7.23. The number of anilines is 2. The SMILES string of the molecule is c1cnc(N2CCN(Cc3cc4ncnc(N5CCOCC5)c4s3)CC2c2cccc3[nH]ncc23)nc1. The molecular weight excluding hydrogens is 486 g/mol. The summed E-state index contributed by atoms with van der Waals surface area (Å²) in [7, 11) is 0. The molecule has 2 aliphatic rings. The first-order valence-corrected chi connectivity index (χ1v) is 13.4. The Hall–Kier alpha value is -3.67. The predicted molar refractivity (Wildman–Crippen MR) is 144 cm³/mol. The predicted octanol–water partition coefficient (Wildman–Crippen LogP) is 3.26. The third-order valence-electron chi connectivity index (χ3n) is 7.18. The molecule has 188 valence electrons. The number of benzene rings is 1. The Balaban J connectivity index is 1.19. The molecule has 4 aromatic heterocycles. The second-order valence-corrected chi connectivity index (χ2v) is 10.5. The third kappa shape index (κ3) is 4.28. The fourth-order valence-corrected chi connectivity index (χ4v) is 6.57. The van der Waals surface area contributed by atoms with Gasteiger partial charge in [-0.1, -0.05) is 12.1 Å². The van der Waals surface area contributed by atoms with E-state index in [9.17, 15) is 0 Å². The van der Waals surface area contributed by atoms with Crippen LogP contribution >= 0.6 is 11.3 Å². The molecule has 2 saturated heterocycles. The molecular formula is C26H27N9OS. The number of H-pyrrole nitrogens is 1. The van der Waals surface area contributed by atoms with E-state index < -0.39 is 0 Å². The van der Waals surface area contributed by atoms with Crippen LogP contribution < -0.4 is 9.80 Å². The molecule has 2 aliphatic heterocycles. The number of nitrogens with one attached hydrogen (secondary N) is 1. The van der Waals surface area contributed by atoms with Crippen molar-refractivity contribution in [1.82, 2.24) is 35.0 Å². The van der Waals surface area contributed by atoms with Gasteiger partial charge in [0.2, 0.25) is 5.95 Å². The summed E-state index contributed by atoms with van der Waals surface area (Å²) in [5.41, 5.74) is 3.30. The summed E-state index contributed by atoms with van der Waals surface area (Å²) in [6.45, 7) is 6.70. The van der Waals surface area contributed by atoms with E-state index in [0.29, 0.717) is 0 Å². The first-order chi connectivity index (χ1) is 18.3. The Labute approximate surface area is 217 Å². The van der Waals surface area contributed by atoms with Crippen LogP contribution in [0.3, 0.4) is 0 Å². The van der Waals surface area contributed by atoms with Crippen LogP contribution in [-0.4, -0.2) is 81.0 Å². The van der Waals surface area contributed by atoms with Crippen LogP contribution in [0.5, 0.6) is 0 Å². The van der Waals surface area contributed by atoms with E-state index in [1.54, 1.807) is 17.7 Å². The number of nitrogens with zero attached hydrogens (tertiary/aromatic N) is 8. The van der Waals surface area contributed by atoms with Crippen LogP contribution in [0.2, 0.25) is 0 Å². The number of hydrogen-bond acceptors (Lipinski definition) is 10. The van der Waals surface area contributed by atoms with E-state index in [1.807, 2.05) is 24.7 Å². The van der Waals surface area contributed by atoms with Crippen molar-refractivity contribution in [2.24, 2.45) is 0 Å². The monoisotopic (exact) mass is 513 g/mol. The summed E-state index contributed by atoms with van der Waals surface area (Å²) in [5.74, 6) is 1.79. The minimum Gasteiger partial charge on any atom is -0.378 e. The van der Waals surface area contributed by atoms with Crippen molar-refractivity contribution >= 4 is 44.2 Å². The largest absolute Gasteiger partial charge is 0.378 e. The maximum atomic E-state index is 5.54. The van der Waals surface area contributed by atoms with Crippen molar-refractivity contribution in [3.8, 4) is 0 Å². The van der Waals surface area contributed by atoms with Crippen molar-refractivity contribution in [3.63, 3.8) is 0 Å². The Morgan fingerprint density at radius 3 is 2.78 bits per heavy atom. The van der Waals surface area contributed by atoms with Gasteiger partial charge >= 0.3 is 0 Å². The summed E-state index contributed by atoms with van der Waals surface area (Å²) in [5, 5.41) is 8.56. The lowest BCUT2D eigenvalue weighted by molar-refractivity contribution is 0.122. The van der Waals surface area contributed by atoms with Gasteiger partial charge in [0.25, 0.3) is 0 Å². The zero-order valence-corrected chi connectivity index (χ0v) is 21.1. The highest BCUT2D eigenvalue weighted by atomic mass is 32.1. The van der Waals surface area contributed by atoms with Crippen molar-refractivity contribution in [3.05, 3.63) is 65.7 Å². The van der Waals surface area contributed by atoms with Gasteiger partial charge in [0.1, 0.15) is 12.1 Å². The smallest absolute Gasteiger partial charge is 0.225 e. The maximum absolute atomic E-state index is 5.54. The van der Waals surface area contributed by atoms with E-state index in [4.69, 9.17) is 4.74 Å². The molecule has 11 heteroatoms. The zero-order chi connectivity index (χ0) is 24.6. The van der Waals surface area contributed by atoms with E-state index in [0.717, 1.165) is 85.4 Å². The molecule has 7 rings (SSSR count). The minimum atomic E-state index is 0.107. The van der Waals surface area contributed by atoms with Gasteiger partial charge in [-0.15, -0.1) is 11.3 Å². The molecule has 0 saturated carbocycles. The van der Waals surface area contributed by atoms with Crippen LogP contribution in [0.1, 0.15) is 16.5 Å². The lowest BCUT2D eigenvalue weighted by atomic mass is 9.99. The summed E-state index contributed by atoms with van der Waals surface area (Å²) < 4.78 is 6.70. The highest BCUT2D eigenvalue weighted by Gasteiger charge is 2.31. The number of thiophene rings is 1. The molecule has 0 amide bonds. The average Bonchev–Trinajstić information content (AvgIpc) is 3.60. The second-order valence-electron chi connectivity index (χ2n) is 9.40. The van der Waals surface area contributed by atoms with Crippen molar-refractivity contribution in [2.45, 2.75) is 12.6 Å². The van der Waals surface area contributed by atoms with Gasteiger partial charge in [0, 0.05) is 61.9 Å². The van der Waals surface area contributed by atoms with Gasteiger partial charge in [0.05, 0.1) is 41.2 Å². The normalized spacial score (nSPS) is 19.2. The Bertz CT molecular complexity index is 1510. The molecule has 1 atom stereocenters. The van der Waals surface area contributed by atoms with Gasteiger partial charge in [-0.3, -0.25) is 10.00 Å². The number of hydrogen-bond donors (Lipinski definition) is 1. The number of aromatic amines is 1. The fourth-order valence-electron chi connectivity index (χ4n) is 5.40. The maximum Gasteiger partial charge on any atom is 0.225 e. The lowest BCUT2D eigenvalue weighted by Gasteiger charge is -2.41. The van der Waals surface area contributed by atoms with Crippen LogP contribution in [0.15, 0.2) is 55.2 Å². The van der Waals surface area contributed by atoms with E-state index >= 15 is 0 Å². The molecule has 0 aliphatic carbocycles. The van der Waals surface area contributed by atoms with E-state index in [1.165, 1.54) is 10.4 Å². The van der Waals surface area contributed by atoms with E-state index in [2.05, 4.69) is 69.1 Å². The number of aromatic nitrogens is 6. The molecule has 6 heterocycles. The molecule has 1 N–H and O–H groups in total. The molecule has 0 spiro atoms. The van der Waals surface area contributed by atoms with Crippen LogP contribution in [0.4, 0.5) is 11.8 Å². The van der Waals surface area contributed by atoms with Crippen LogP contribution in [0, 0.1) is 0 Å². The number of ether oxygens (including phenoxy) is 1. The zero-order valence-electron chi connectivity index (χ0n) is 20.3. The standard InChI is InChI=1S/C26H27N9OS/c1-3-19(20-14-31-32-21(20)4-1)23-16-33(7-8-35(23)26-27-5-2-6-28-26)15-18-13-22-24(37-18)25(30-17-29-22)34-9-11-36-12-10-34/h1-6,13-14,17,23H,7-12,15-16H2,(H,31,32). The van der Waals surface area contributed by atoms with Gasteiger partial charge in [-0.25, -0.2) is 19.9 Å². The lowest BCUT2D eigenvalue weighted by Crippen LogP contribution is -2.48. The number of piperazine rings is 1. The van der Waals surface area contributed by atoms with Crippen molar-refractivity contribution in [2.75, 3.05) is 55.7 Å². The average molecular weight is 514 g/mol. The first kappa shape index (κ1) is 22.5. The fraction of sp³-hybridized carbons (Fsp3) is 0.346. The second kappa shape index (κ2) is 9.66. The Kier molecular flexibility index (Phi) is 5.88. The number of morpholine rings is 1. The van der Waals surface area contributed by atoms with Gasteiger partial charge in [-0.2, -0.15) is 5.10 Å². The highest BCUT2D eigenvalue weighted by molar-refractivity contribution is 7.19. The molecule has 1 aromatic carbocycles. The molecule has 2 fully saturated rings. The van der Waals surface area contributed by atoms with Crippen LogP contribution in [0.25, 0.3) is 21.1 Å². The minimum absolute atomic E-state index is 0.107. The highest BCUT2D eigenvalue weighted by Crippen LogP contribution is 2.35. The molecule has 5 aromatic rings. The summed E-state index contributed by atoms with van der Waals surface area (Å²) in [6, 6.07) is 10.6. The molecule has 0 radical (unpaired) electrons. The molecule has 37 heavy (non-hydrogen) atoms. The van der Waals surface area contributed by atoms with Crippen molar-refractivity contribution in [1.29, 1.82) is 0 Å². The third-order valence-corrected chi connectivity index (χ3v) is 8.29. The van der Waals surface area contributed by atoms with E-state index in [-0.39, 0.29) is 6.04 Å². The van der Waals surface area contributed by atoms with Crippen molar-refractivity contribution < 1.29 is 4.74 Å².